The van der Waals surface area contributed by atoms with E-state index in [2.05, 4.69) is 15.0 Å². The molecule has 4 rings (SSSR count). The fourth-order valence-corrected chi connectivity index (χ4v) is 4.53. The van der Waals surface area contributed by atoms with Crippen molar-refractivity contribution in [3.63, 3.8) is 0 Å². The number of pyridine rings is 1. The predicted octanol–water partition coefficient (Wildman–Crippen LogP) is 3.26. The van der Waals surface area contributed by atoms with Gasteiger partial charge in [-0.15, -0.1) is 0 Å². The largest absolute Gasteiger partial charge is 0.460 e. The van der Waals surface area contributed by atoms with E-state index in [0.29, 0.717) is 53.1 Å². The third kappa shape index (κ3) is 5.82. The molecule has 0 spiro atoms. The Morgan fingerprint density at radius 3 is 2.67 bits per heavy atom. The van der Waals surface area contributed by atoms with Crippen LogP contribution in [0, 0.1) is 0 Å². The first-order valence-corrected chi connectivity index (χ1v) is 12.0. The molecule has 0 amide bonds. The summed E-state index contributed by atoms with van der Waals surface area (Å²) in [5, 5.41) is 13.9. The summed E-state index contributed by atoms with van der Waals surface area (Å²) in [4.78, 5) is 4.12. The summed E-state index contributed by atoms with van der Waals surface area (Å²) in [6.07, 6.45) is 3.23. The predicted molar refractivity (Wildman–Crippen MR) is 128 cm³/mol. The van der Waals surface area contributed by atoms with E-state index >= 15 is 0 Å². The van der Waals surface area contributed by atoms with Gasteiger partial charge in [-0.1, -0.05) is 17.7 Å². The Morgan fingerprint density at radius 1 is 1.15 bits per heavy atom. The summed E-state index contributed by atoms with van der Waals surface area (Å²) in [6, 6.07) is 14.6. The minimum absolute atomic E-state index is 0.148. The van der Waals surface area contributed by atoms with Crippen LogP contribution < -0.4 is 20.5 Å². The van der Waals surface area contributed by atoms with E-state index in [1.54, 1.807) is 54.7 Å². The molecule has 10 heteroatoms. The van der Waals surface area contributed by atoms with Gasteiger partial charge < -0.3 is 20.9 Å². The molecule has 0 saturated heterocycles. The Hall–Kier alpha value is -3.11. The maximum Gasteiger partial charge on any atom is 0.261 e. The van der Waals surface area contributed by atoms with Crippen molar-refractivity contribution in [2.45, 2.75) is 17.4 Å². The Labute approximate surface area is 197 Å². The molecule has 172 valence electrons. The Bertz CT molecular complexity index is 1260. The zero-order chi connectivity index (χ0) is 23.4. The lowest BCUT2D eigenvalue weighted by Crippen LogP contribution is -2.26. The molecule has 5 N–H and O–H groups in total. The van der Waals surface area contributed by atoms with Crippen molar-refractivity contribution in [2.75, 3.05) is 23.5 Å². The second-order valence-corrected chi connectivity index (χ2v) is 9.64. The highest BCUT2D eigenvalue weighted by atomic mass is 35.5. The first kappa shape index (κ1) is 23.1. The molecule has 1 atom stereocenters. The van der Waals surface area contributed by atoms with E-state index in [4.69, 9.17) is 22.1 Å². The van der Waals surface area contributed by atoms with Crippen molar-refractivity contribution >= 4 is 33.1 Å². The number of halogens is 1. The third-order valence-corrected chi connectivity index (χ3v) is 6.69. The zero-order valence-electron chi connectivity index (χ0n) is 17.5. The second kappa shape index (κ2) is 9.80. The molecule has 8 nitrogen and oxygen atoms in total. The van der Waals surface area contributed by atoms with Gasteiger partial charge in [0.15, 0.2) is 0 Å². The van der Waals surface area contributed by atoms with Crippen LogP contribution in [0.15, 0.2) is 77.5 Å². The van der Waals surface area contributed by atoms with Crippen LogP contribution in [0.25, 0.3) is 0 Å². The number of aromatic nitrogens is 1. The summed E-state index contributed by atoms with van der Waals surface area (Å²) >= 11 is 5.85. The van der Waals surface area contributed by atoms with Crippen molar-refractivity contribution in [1.29, 1.82) is 0 Å². The van der Waals surface area contributed by atoms with Crippen LogP contribution in [0.1, 0.15) is 17.2 Å². The van der Waals surface area contributed by atoms with Crippen LogP contribution in [0.2, 0.25) is 5.02 Å². The first-order valence-electron chi connectivity index (χ1n) is 10.2. The average Bonchev–Trinajstić information content (AvgIpc) is 2.80. The molecular formula is C23H23ClN4O4S. The number of hydrogen-bond donors (Lipinski definition) is 4. The monoisotopic (exact) mass is 486 g/mol. The van der Waals surface area contributed by atoms with E-state index in [9.17, 15) is 13.5 Å². The molecule has 1 aliphatic rings. The van der Waals surface area contributed by atoms with Gasteiger partial charge in [0, 0.05) is 34.6 Å². The van der Waals surface area contributed by atoms with Gasteiger partial charge in [-0.3, -0.25) is 4.72 Å². The highest BCUT2D eigenvalue weighted by Crippen LogP contribution is 2.29. The summed E-state index contributed by atoms with van der Waals surface area (Å²) in [7, 11) is -3.75. The molecule has 0 saturated carbocycles. The van der Waals surface area contributed by atoms with Crippen molar-refractivity contribution in [1.82, 2.24) is 10.3 Å². The van der Waals surface area contributed by atoms with E-state index in [0.717, 1.165) is 5.56 Å². The van der Waals surface area contributed by atoms with Crippen molar-refractivity contribution in [3.8, 4) is 5.75 Å². The molecule has 0 fully saturated rings. The number of nitrogens with zero attached hydrogens (tertiary/aromatic N) is 1. The fourth-order valence-electron chi connectivity index (χ4n) is 3.29. The number of aliphatic hydroxyl groups excluding tert-OH is 1. The van der Waals surface area contributed by atoms with Gasteiger partial charge in [0.05, 0.1) is 17.5 Å². The number of ether oxygens (including phenoxy) is 1. The molecule has 0 aliphatic carbocycles. The fraction of sp³-hybridized carbons (Fsp3) is 0.174. The number of nitrogens with two attached hydrogens (primary N) is 1. The number of rotatable bonds is 8. The Balaban J connectivity index is 1.35. The minimum atomic E-state index is -3.75. The maximum atomic E-state index is 12.7. The van der Waals surface area contributed by atoms with E-state index in [1.807, 2.05) is 6.08 Å². The number of benzene rings is 2. The van der Waals surface area contributed by atoms with Gasteiger partial charge in [-0.25, -0.2) is 13.4 Å². The van der Waals surface area contributed by atoms with Crippen LogP contribution in [0.5, 0.6) is 5.75 Å². The summed E-state index contributed by atoms with van der Waals surface area (Å²) < 4.78 is 33.9. The molecular weight excluding hydrogens is 464 g/mol. The number of aliphatic hydroxyl groups is 1. The lowest BCUT2D eigenvalue weighted by Gasteiger charge is -2.20. The summed E-state index contributed by atoms with van der Waals surface area (Å²) in [6.45, 7) is 0.726. The molecule has 0 radical (unpaired) electrons. The number of anilines is 2. The zero-order valence-corrected chi connectivity index (χ0v) is 19.1. The molecule has 1 aliphatic heterocycles. The summed E-state index contributed by atoms with van der Waals surface area (Å²) in [5.41, 5.74) is 7.43. The molecule has 1 aromatic heterocycles. The number of nitrogen functional groups attached to an aromatic ring is 1. The number of sulfonamides is 1. The Kier molecular flexibility index (Phi) is 6.85. The summed E-state index contributed by atoms with van der Waals surface area (Å²) in [5.74, 6) is 1.69. The molecule has 3 aromatic rings. The quantitative estimate of drug-likeness (QED) is 0.385. The molecule has 0 unspecified atom stereocenters. The SMILES string of the molecule is Nc1ccc([C@@H](O)CNCC2=CCc3cc(S(=O)(=O)Nc4ccc(Cl)cc4)ccc3O2)cn1. The standard InChI is InChI=1S/C23H23ClN4O4S/c24-17-3-5-18(6-4-17)28-33(30,31)20-8-9-22-15(11-20)1-7-19(32-22)13-26-14-21(29)16-2-10-23(25)27-12-16/h2-12,21,26,28-29H,1,13-14H2,(H2,25,27)/t21-/m0/s1. The van der Waals surface area contributed by atoms with Gasteiger partial charge in [0.25, 0.3) is 10.0 Å². The topological polar surface area (TPSA) is 127 Å². The number of fused-ring (bicyclic) bond motifs is 1. The van der Waals surface area contributed by atoms with Crippen LogP contribution >= 0.6 is 11.6 Å². The van der Waals surface area contributed by atoms with E-state index < -0.39 is 16.1 Å². The van der Waals surface area contributed by atoms with Crippen molar-refractivity contribution in [3.05, 3.63) is 88.8 Å². The van der Waals surface area contributed by atoms with Crippen LogP contribution in [0.4, 0.5) is 11.5 Å². The van der Waals surface area contributed by atoms with E-state index in [-0.39, 0.29) is 4.90 Å². The van der Waals surface area contributed by atoms with Gasteiger partial charge in [-0.05, 0) is 61.0 Å². The third-order valence-electron chi connectivity index (χ3n) is 5.06. The highest BCUT2D eigenvalue weighted by molar-refractivity contribution is 7.92. The van der Waals surface area contributed by atoms with Crippen LogP contribution in [-0.2, 0) is 16.4 Å². The van der Waals surface area contributed by atoms with Gasteiger partial charge in [-0.2, -0.15) is 0 Å². The maximum absolute atomic E-state index is 12.7. The minimum Gasteiger partial charge on any atom is -0.460 e. The lowest BCUT2D eigenvalue weighted by molar-refractivity contribution is 0.174. The van der Waals surface area contributed by atoms with E-state index in [1.165, 1.54) is 6.07 Å². The number of nitrogens with one attached hydrogen (secondary N) is 2. The molecule has 0 bridgehead atoms. The number of allylic oxidation sites excluding steroid dienone is 1. The highest BCUT2D eigenvalue weighted by Gasteiger charge is 2.19. The average molecular weight is 487 g/mol. The van der Waals surface area contributed by atoms with Crippen LogP contribution in [-0.4, -0.2) is 31.6 Å². The molecule has 2 heterocycles. The lowest BCUT2D eigenvalue weighted by atomic mass is 10.1. The second-order valence-electron chi connectivity index (χ2n) is 7.52. The van der Waals surface area contributed by atoms with Crippen molar-refractivity contribution in [2.24, 2.45) is 0 Å². The molecule has 2 aromatic carbocycles. The van der Waals surface area contributed by atoms with Gasteiger partial charge in [0.2, 0.25) is 0 Å². The van der Waals surface area contributed by atoms with Gasteiger partial charge in [0.1, 0.15) is 17.3 Å². The van der Waals surface area contributed by atoms with Gasteiger partial charge >= 0.3 is 0 Å². The molecule has 33 heavy (non-hydrogen) atoms. The van der Waals surface area contributed by atoms with Crippen molar-refractivity contribution < 1.29 is 18.3 Å². The Morgan fingerprint density at radius 2 is 1.94 bits per heavy atom. The normalized spacial score (nSPS) is 14.1. The van der Waals surface area contributed by atoms with Crippen LogP contribution in [0.3, 0.4) is 0 Å². The first-order chi connectivity index (χ1) is 15.8. The number of hydrogen-bond acceptors (Lipinski definition) is 7. The smallest absolute Gasteiger partial charge is 0.261 e.